The van der Waals surface area contributed by atoms with Crippen molar-refractivity contribution in [3.05, 3.63) is 31.0 Å². The van der Waals surface area contributed by atoms with E-state index in [0.29, 0.717) is 18.2 Å². The first-order valence-electron chi connectivity index (χ1n) is 3.29. The maximum Gasteiger partial charge on any atom is 0.237 e. The second kappa shape index (κ2) is 3.61. The normalized spacial score (nSPS) is 9.09. The van der Waals surface area contributed by atoms with Gasteiger partial charge in [-0.1, -0.05) is 12.7 Å². The first-order chi connectivity index (χ1) is 5.34. The van der Waals surface area contributed by atoms with Crippen LogP contribution in [0.15, 0.2) is 31.0 Å². The standard InChI is InChI=1S/C8H10N2O/c1-2-6-11-8-7(9)4-3-5-10-8/h2-5H,1,6,9H2. The van der Waals surface area contributed by atoms with E-state index in [1.54, 1.807) is 24.4 Å². The Kier molecular flexibility index (Phi) is 2.49. The molecule has 0 atom stereocenters. The molecule has 2 N–H and O–H groups in total. The number of rotatable bonds is 3. The number of hydrogen-bond donors (Lipinski definition) is 1. The highest BCUT2D eigenvalue weighted by molar-refractivity contribution is 5.46. The molecule has 0 fully saturated rings. The van der Waals surface area contributed by atoms with E-state index in [1.807, 2.05) is 0 Å². The highest BCUT2D eigenvalue weighted by Gasteiger charge is 1.96. The van der Waals surface area contributed by atoms with Crippen molar-refractivity contribution in [2.45, 2.75) is 0 Å². The zero-order chi connectivity index (χ0) is 8.10. The van der Waals surface area contributed by atoms with E-state index in [9.17, 15) is 0 Å². The van der Waals surface area contributed by atoms with Crippen LogP contribution in [-0.4, -0.2) is 11.6 Å². The predicted molar refractivity (Wildman–Crippen MR) is 44.3 cm³/mol. The molecule has 3 nitrogen and oxygen atoms in total. The Morgan fingerprint density at radius 1 is 1.73 bits per heavy atom. The van der Waals surface area contributed by atoms with Crippen molar-refractivity contribution >= 4 is 5.69 Å². The second-order valence-corrected chi connectivity index (χ2v) is 2.00. The summed E-state index contributed by atoms with van der Waals surface area (Å²) in [6, 6.07) is 3.50. The number of pyridine rings is 1. The molecule has 0 amide bonds. The van der Waals surface area contributed by atoms with Crippen LogP contribution >= 0.6 is 0 Å². The van der Waals surface area contributed by atoms with Gasteiger partial charge in [-0.2, -0.15) is 0 Å². The van der Waals surface area contributed by atoms with Gasteiger partial charge in [0.05, 0.1) is 5.69 Å². The van der Waals surface area contributed by atoms with E-state index in [4.69, 9.17) is 10.5 Å². The van der Waals surface area contributed by atoms with E-state index in [1.165, 1.54) is 0 Å². The van der Waals surface area contributed by atoms with Crippen molar-refractivity contribution in [3.63, 3.8) is 0 Å². The molecule has 0 aromatic carbocycles. The molecule has 1 rings (SSSR count). The number of anilines is 1. The molecular weight excluding hydrogens is 140 g/mol. The van der Waals surface area contributed by atoms with Gasteiger partial charge >= 0.3 is 0 Å². The Morgan fingerprint density at radius 2 is 2.55 bits per heavy atom. The van der Waals surface area contributed by atoms with Crippen LogP contribution in [0, 0.1) is 0 Å². The summed E-state index contributed by atoms with van der Waals surface area (Å²) in [5.41, 5.74) is 6.09. The molecule has 0 radical (unpaired) electrons. The molecule has 0 saturated carbocycles. The smallest absolute Gasteiger partial charge is 0.237 e. The molecule has 0 unspecified atom stereocenters. The average molecular weight is 150 g/mol. The van der Waals surface area contributed by atoms with Crippen molar-refractivity contribution < 1.29 is 4.74 Å². The summed E-state index contributed by atoms with van der Waals surface area (Å²) < 4.78 is 5.13. The first kappa shape index (κ1) is 7.60. The van der Waals surface area contributed by atoms with Crippen LogP contribution < -0.4 is 10.5 Å². The van der Waals surface area contributed by atoms with Gasteiger partial charge in [-0.25, -0.2) is 4.98 Å². The van der Waals surface area contributed by atoms with E-state index in [2.05, 4.69) is 11.6 Å². The molecule has 0 aliphatic carbocycles. The van der Waals surface area contributed by atoms with Crippen molar-refractivity contribution in [1.29, 1.82) is 0 Å². The predicted octanol–water partition coefficient (Wildman–Crippen LogP) is 1.23. The lowest BCUT2D eigenvalue weighted by molar-refractivity contribution is 0.351. The number of nitrogens with two attached hydrogens (primary N) is 1. The molecule has 1 heterocycles. The Balaban J connectivity index is 2.69. The molecule has 1 aromatic heterocycles. The maximum absolute atomic E-state index is 5.54. The van der Waals surface area contributed by atoms with Gasteiger partial charge in [-0.3, -0.25) is 0 Å². The van der Waals surface area contributed by atoms with Crippen LogP contribution in [0.3, 0.4) is 0 Å². The molecule has 0 aliphatic heterocycles. The van der Waals surface area contributed by atoms with Crippen molar-refractivity contribution in [2.24, 2.45) is 0 Å². The van der Waals surface area contributed by atoms with Gasteiger partial charge in [0, 0.05) is 6.20 Å². The molecule has 1 aromatic rings. The molecular formula is C8H10N2O. The summed E-state index contributed by atoms with van der Waals surface area (Å²) in [5.74, 6) is 0.465. The van der Waals surface area contributed by atoms with Gasteiger partial charge in [-0.05, 0) is 12.1 Å². The Hall–Kier alpha value is -1.51. The number of aromatic nitrogens is 1. The monoisotopic (exact) mass is 150 g/mol. The largest absolute Gasteiger partial charge is 0.472 e. The summed E-state index contributed by atoms with van der Waals surface area (Å²) in [6.45, 7) is 3.94. The quantitative estimate of drug-likeness (QED) is 0.659. The Bertz CT molecular complexity index is 248. The Labute approximate surface area is 65.5 Å². The van der Waals surface area contributed by atoms with Crippen molar-refractivity contribution in [3.8, 4) is 5.88 Å². The summed E-state index contributed by atoms with van der Waals surface area (Å²) in [6.07, 6.45) is 3.28. The summed E-state index contributed by atoms with van der Waals surface area (Å²) in [4.78, 5) is 3.92. The van der Waals surface area contributed by atoms with Gasteiger partial charge in [-0.15, -0.1) is 0 Å². The highest BCUT2D eigenvalue weighted by Crippen LogP contribution is 2.15. The van der Waals surface area contributed by atoms with Crippen LogP contribution in [-0.2, 0) is 0 Å². The SMILES string of the molecule is C=CCOc1ncccc1N. The number of ether oxygens (including phenoxy) is 1. The number of nitrogens with zero attached hydrogens (tertiary/aromatic N) is 1. The fourth-order valence-electron chi connectivity index (χ4n) is 0.662. The summed E-state index contributed by atoms with van der Waals surface area (Å²) in [7, 11) is 0. The first-order valence-corrected chi connectivity index (χ1v) is 3.29. The van der Waals surface area contributed by atoms with E-state index < -0.39 is 0 Å². The zero-order valence-corrected chi connectivity index (χ0v) is 6.16. The lowest BCUT2D eigenvalue weighted by Gasteiger charge is -2.03. The van der Waals surface area contributed by atoms with E-state index >= 15 is 0 Å². The van der Waals surface area contributed by atoms with Crippen LogP contribution in [0.25, 0.3) is 0 Å². The minimum atomic E-state index is 0.432. The number of hydrogen-bond acceptors (Lipinski definition) is 3. The van der Waals surface area contributed by atoms with E-state index in [0.717, 1.165) is 0 Å². The van der Waals surface area contributed by atoms with Crippen LogP contribution in [0.2, 0.25) is 0 Å². The average Bonchev–Trinajstić information content (AvgIpc) is 2.03. The van der Waals surface area contributed by atoms with Gasteiger partial charge in [0.15, 0.2) is 0 Å². The van der Waals surface area contributed by atoms with Gasteiger partial charge in [0.25, 0.3) is 0 Å². The molecule has 0 aliphatic rings. The highest BCUT2D eigenvalue weighted by atomic mass is 16.5. The Morgan fingerprint density at radius 3 is 3.18 bits per heavy atom. The van der Waals surface area contributed by atoms with Gasteiger partial charge < -0.3 is 10.5 Å². The lowest BCUT2D eigenvalue weighted by atomic mass is 10.4. The van der Waals surface area contributed by atoms with Crippen LogP contribution in [0.4, 0.5) is 5.69 Å². The third-order valence-electron chi connectivity index (χ3n) is 1.14. The fraction of sp³-hybridized carbons (Fsp3) is 0.125. The third kappa shape index (κ3) is 1.97. The molecule has 0 bridgehead atoms. The molecule has 0 spiro atoms. The van der Waals surface area contributed by atoms with Crippen molar-refractivity contribution in [2.75, 3.05) is 12.3 Å². The lowest BCUT2D eigenvalue weighted by Crippen LogP contribution is -1.98. The van der Waals surface area contributed by atoms with Gasteiger partial charge in [0.1, 0.15) is 6.61 Å². The molecule has 0 saturated heterocycles. The summed E-state index contributed by atoms with van der Waals surface area (Å²) >= 11 is 0. The second-order valence-electron chi connectivity index (χ2n) is 2.00. The molecule has 11 heavy (non-hydrogen) atoms. The minimum Gasteiger partial charge on any atom is -0.472 e. The minimum absolute atomic E-state index is 0.432. The topological polar surface area (TPSA) is 48.1 Å². The van der Waals surface area contributed by atoms with Crippen molar-refractivity contribution in [1.82, 2.24) is 4.98 Å². The maximum atomic E-state index is 5.54. The van der Waals surface area contributed by atoms with Crippen LogP contribution in [0.5, 0.6) is 5.88 Å². The molecule has 3 heteroatoms. The molecule has 58 valence electrons. The van der Waals surface area contributed by atoms with Crippen LogP contribution in [0.1, 0.15) is 0 Å². The summed E-state index contributed by atoms with van der Waals surface area (Å²) in [5, 5.41) is 0. The van der Waals surface area contributed by atoms with E-state index in [-0.39, 0.29) is 0 Å². The third-order valence-corrected chi connectivity index (χ3v) is 1.14. The fourth-order valence-corrected chi connectivity index (χ4v) is 0.662. The zero-order valence-electron chi connectivity index (χ0n) is 6.16. The van der Waals surface area contributed by atoms with Gasteiger partial charge in [0.2, 0.25) is 5.88 Å². The number of nitrogen functional groups attached to an aromatic ring is 1.